The molecule has 0 saturated carbocycles. The number of carbonyl (C=O) groups excluding carboxylic acids is 1. The molecule has 0 aliphatic carbocycles. The predicted molar refractivity (Wildman–Crippen MR) is 100 cm³/mol. The summed E-state index contributed by atoms with van der Waals surface area (Å²) in [4.78, 5) is 16.2. The molecule has 0 unspecified atom stereocenters. The molecule has 8 heteroatoms. The van der Waals surface area contributed by atoms with Crippen LogP contribution in [0.2, 0.25) is 0 Å². The number of aromatic nitrogens is 1. The lowest BCUT2D eigenvalue weighted by Gasteiger charge is -2.26. The fourth-order valence-electron chi connectivity index (χ4n) is 2.81. The quantitative estimate of drug-likeness (QED) is 0.772. The van der Waals surface area contributed by atoms with Gasteiger partial charge in [0.1, 0.15) is 0 Å². The van der Waals surface area contributed by atoms with Gasteiger partial charge < -0.3 is 10.1 Å². The zero-order valence-corrected chi connectivity index (χ0v) is 15.8. The van der Waals surface area contributed by atoms with E-state index in [1.807, 2.05) is 12.1 Å². The molecule has 2 aromatic rings. The summed E-state index contributed by atoms with van der Waals surface area (Å²) in [7, 11) is -3.48. The van der Waals surface area contributed by atoms with Gasteiger partial charge in [-0.1, -0.05) is 12.1 Å². The summed E-state index contributed by atoms with van der Waals surface area (Å²) in [6.07, 6.45) is 4.28. The minimum Gasteiger partial charge on any atom is -0.379 e. The van der Waals surface area contributed by atoms with Gasteiger partial charge in [-0.25, -0.2) is 8.42 Å². The van der Waals surface area contributed by atoms with Crippen LogP contribution in [0.15, 0.2) is 53.7 Å². The maximum Gasteiger partial charge on any atom is 0.243 e. The molecule has 3 rings (SSSR count). The van der Waals surface area contributed by atoms with Crippen LogP contribution in [0.5, 0.6) is 0 Å². The van der Waals surface area contributed by atoms with Gasteiger partial charge in [0.05, 0.1) is 18.1 Å². The Labute approximate surface area is 159 Å². The van der Waals surface area contributed by atoms with Crippen molar-refractivity contribution in [2.24, 2.45) is 0 Å². The van der Waals surface area contributed by atoms with Crippen molar-refractivity contribution < 1.29 is 17.9 Å². The molecule has 1 aliphatic rings. The first-order valence-electron chi connectivity index (χ1n) is 8.88. The van der Waals surface area contributed by atoms with E-state index in [4.69, 9.17) is 4.74 Å². The van der Waals surface area contributed by atoms with Gasteiger partial charge in [0.25, 0.3) is 0 Å². The molecule has 1 saturated heterocycles. The summed E-state index contributed by atoms with van der Waals surface area (Å²) in [5.74, 6) is -0.0446. The van der Waals surface area contributed by atoms with Gasteiger partial charge in [0.15, 0.2) is 0 Å². The fraction of sp³-hybridized carbons (Fsp3) is 0.368. The van der Waals surface area contributed by atoms with Crippen LogP contribution >= 0.6 is 0 Å². The second-order valence-electron chi connectivity index (χ2n) is 6.29. The molecule has 0 radical (unpaired) electrons. The number of nitrogens with zero attached hydrogens (tertiary/aromatic N) is 2. The highest BCUT2D eigenvalue weighted by Crippen LogP contribution is 2.18. The number of ether oxygens (including phenoxy) is 1. The first-order chi connectivity index (χ1) is 13.1. The normalized spacial score (nSPS) is 15.4. The van der Waals surface area contributed by atoms with Crippen LogP contribution in [0.25, 0.3) is 0 Å². The van der Waals surface area contributed by atoms with Gasteiger partial charge in [0.2, 0.25) is 15.9 Å². The van der Waals surface area contributed by atoms with E-state index in [0.29, 0.717) is 45.7 Å². The number of amides is 1. The molecule has 27 heavy (non-hydrogen) atoms. The van der Waals surface area contributed by atoms with Crippen LogP contribution in [0.3, 0.4) is 0 Å². The van der Waals surface area contributed by atoms with E-state index < -0.39 is 10.0 Å². The van der Waals surface area contributed by atoms with Gasteiger partial charge in [-0.15, -0.1) is 0 Å². The molecular formula is C19H23N3O4S. The minimum atomic E-state index is -3.48. The number of pyridine rings is 1. The molecule has 1 aromatic heterocycles. The Hall–Kier alpha value is -2.29. The maximum atomic E-state index is 12.6. The molecular weight excluding hydrogens is 366 g/mol. The average molecular weight is 389 g/mol. The maximum absolute atomic E-state index is 12.6. The molecule has 7 nitrogen and oxygen atoms in total. The predicted octanol–water partition coefficient (Wildman–Crippen LogP) is 1.35. The van der Waals surface area contributed by atoms with E-state index in [0.717, 1.165) is 11.1 Å². The average Bonchev–Trinajstić information content (AvgIpc) is 2.72. The third kappa shape index (κ3) is 5.35. The van der Waals surface area contributed by atoms with E-state index >= 15 is 0 Å². The molecule has 1 amide bonds. The highest BCUT2D eigenvalue weighted by Gasteiger charge is 2.26. The standard InChI is InChI=1S/C19H23N3O4S/c23-19(21-15-17-7-9-20-10-8-17)6-3-16-1-4-18(5-2-16)27(24,25)22-11-13-26-14-12-22/h1-2,4-5,7-10H,3,6,11-15H2,(H,21,23). The minimum absolute atomic E-state index is 0.0446. The van der Waals surface area contributed by atoms with Crippen molar-refractivity contribution in [3.8, 4) is 0 Å². The summed E-state index contributed by atoms with van der Waals surface area (Å²) in [6.45, 7) is 2.07. The Morgan fingerprint density at radius 3 is 2.37 bits per heavy atom. The summed E-state index contributed by atoms with van der Waals surface area (Å²) >= 11 is 0. The number of rotatable bonds is 7. The van der Waals surface area contributed by atoms with Crippen LogP contribution in [-0.4, -0.2) is 49.9 Å². The molecule has 0 atom stereocenters. The van der Waals surface area contributed by atoms with Crippen LogP contribution in [0.1, 0.15) is 17.5 Å². The van der Waals surface area contributed by atoms with Gasteiger partial charge in [-0.2, -0.15) is 4.31 Å². The lowest BCUT2D eigenvalue weighted by Crippen LogP contribution is -2.40. The highest BCUT2D eigenvalue weighted by molar-refractivity contribution is 7.89. The first kappa shape index (κ1) is 19.5. The third-order valence-electron chi connectivity index (χ3n) is 4.41. The van der Waals surface area contributed by atoms with Gasteiger partial charge in [-0.05, 0) is 41.8 Å². The van der Waals surface area contributed by atoms with E-state index in [1.165, 1.54) is 4.31 Å². The van der Waals surface area contributed by atoms with Crippen LogP contribution in [-0.2, 0) is 32.5 Å². The molecule has 0 bridgehead atoms. The number of sulfonamides is 1. The molecule has 2 heterocycles. The molecule has 0 spiro atoms. The highest BCUT2D eigenvalue weighted by atomic mass is 32.2. The zero-order valence-electron chi connectivity index (χ0n) is 15.0. The van der Waals surface area contributed by atoms with Crippen molar-refractivity contribution >= 4 is 15.9 Å². The number of morpholine rings is 1. The van der Waals surface area contributed by atoms with Crippen LogP contribution in [0.4, 0.5) is 0 Å². The summed E-state index contributed by atoms with van der Waals surface area (Å²) in [5.41, 5.74) is 1.92. The fourth-order valence-corrected chi connectivity index (χ4v) is 4.22. The first-order valence-corrected chi connectivity index (χ1v) is 10.3. The van der Waals surface area contributed by atoms with Crippen molar-refractivity contribution in [2.75, 3.05) is 26.3 Å². The van der Waals surface area contributed by atoms with Crippen molar-refractivity contribution in [1.82, 2.24) is 14.6 Å². The smallest absolute Gasteiger partial charge is 0.243 e. The van der Waals surface area contributed by atoms with E-state index in [2.05, 4.69) is 10.3 Å². The Kier molecular flexibility index (Phi) is 6.54. The Balaban J connectivity index is 1.50. The number of nitrogens with one attached hydrogen (secondary N) is 1. The van der Waals surface area contributed by atoms with Crippen molar-refractivity contribution in [3.63, 3.8) is 0 Å². The number of hydrogen-bond acceptors (Lipinski definition) is 5. The molecule has 1 aromatic carbocycles. The van der Waals surface area contributed by atoms with E-state index in [1.54, 1.807) is 36.7 Å². The molecule has 1 fully saturated rings. The summed E-state index contributed by atoms with van der Waals surface area (Å²) < 4.78 is 31.8. The van der Waals surface area contributed by atoms with E-state index in [-0.39, 0.29) is 10.8 Å². The number of carbonyl (C=O) groups is 1. The zero-order chi connectivity index (χ0) is 19.1. The summed E-state index contributed by atoms with van der Waals surface area (Å²) in [6, 6.07) is 10.5. The Morgan fingerprint density at radius 1 is 1.04 bits per heavy atom. The molecule has 144 valence electrons. The summed E-state index contributed by atoms with van der Waals surface area (Å²) in [5, 5.41) is 2.87. The topological polar surface area (TPSA) is 88.6 Å². The number of hydrogen-bond donors (Lipinski definition) is 1. The van der Waals surface area contributed by atoms with Gasteiger partial charge in [0, 0.05) is 38.4 Å². The lowest BCUT2D eigenvalue weighted by atomic mass is 10.1. The Morgan fingerprint density at radius 2 is 1.70 bits per heavy atom. The molecule has 1 N–H and O–H groups in total. The second-order valence-corrected chi connectivity index (χ2v) is 8.23. The van der Waals surface area contributed by atoms with Crippen molar-refractivity contribution in [3.05, 3.63) is 59.9 Å². The van der Waals surface area contributed by atoms with E-state index in [9.17, 15) is 13.2 Å². The van der Waals surface area contributed by atoms with Crippen LogP contribution < -0.4 is 5.32 Å². The SMILES string of the molecule is O=C(CCc1ccc(S(=O)(=O)N2CCOCC2)cc1)NCc1ccncc1. The van der Waals surface area contributed by atoms with Crippen molar-refractivity contribution in [1.29, 1.82) is 0 Å². The van der Waals surface area contributed by atoms with Gasteiger partial charge >= 0.3 is 0 Å². The van der Waals surface area contributed by atoms with Crippen molar-refractivity contribution in [2.45, 2.75) is 24.3 Å². The number of benzene rings is 1. The Bertz CT molecular complexity index is 848. The number of aryl methyl sites for hydroxylation is 1. The third-order valence-corrected chi connectivity index (χ3v) is 6.32. The second kappa shape index (κ2) is 9.07. The lowest BCUT2D eigenvalue weighted by molar-refractivity contribution is -0.121. The monoisotopic (exact) mass is 389 g/mol. The van der Waals surface area contributed by atoms with Gasteiger partial charge in [-0.3, -0.25) is 9.78 Å². The van der Waals surface area contributed by atoms with Crippen LogP contribution in [0, 0.1) is 0 Å². The largest absolute Gasteiger partial charge is 0.379 e. The molecule has 1 aliphatic heterocycles.